The van der Waals surface area contributed by atoms with Gasteiger partial charge < -0.3 is 20.1 Å². The quantitative estimate of drug-likeness (QED) is 0.714. The first-order valence-electron chi connectivity index (χ1n) is 11.3. The summed E-state index contributed by atoms with van der Waals surface area (Å²) >= 11 is 0. The number of carbonyl (C=O) groups is 1. The zero-order valence-electron chi connectivity index (χ0n) is 17.7. The molecule has 1 aliphatic heterocycles. The third-order valence-corrected chi connectivity index (χ3v) is 6.78. The Hall–Kier alpha value is -1.80. The van der Waals surface area contributed by atoms with Crippen LogP contribution in [0.5, 0.6) is 5.75 Å². The Morgan fingerprint density at radius 1 is 1.10 bits per heavy atom. The number of piperidine rings is 1. The highest BCUT2D eigenvalue weighted by molar-refractivity contribution is 5.81. The predicted molar refractivity (Wildman–Crippen MR) is 110 cm³/mol. The van der Waals surface area contributed by atoms with Crippen molar-refractivity contribution in [2.45, 2.75) is 81.8 Å². The fraction of sp³-hybridized carbons (Fsp3) is 0.696. The van der Waals surface area contributed by atoms with Crippen LogP contribution in [-0.2, 0) is 9.53 Å². The lowest BCUT2D eigenvalue weighted by atomic mass is 9.82. The molecule has 1 amide bonds. The van der Waals surface area contributed by atoms with Gasteiger partial charge in [-0.2, -0.15) is 0 Å². The van der Waals surface area contributed by atoms with Gasteiger partial charge in [0.15, 0.2) is 0 Å². The van der Waals surface area contributed by atoms with E-state index >= 15 is 0 Å². The van der Waals surface area contributed by atoms with Crippen molar-refractivity contribution >= 4 is 5.91 Å². The van der Waals surface area contributed by atoms with Gasteiger partial charge >= 0.3 is 6.36 Å². The van der Waals surface area contributed by atoms with Gasteiger partial charge in [-0.1, -0.05) is 12.1 Å². The summed E-state index contributed by atoms with van der Waals surface area (Å²) in [4.78, 5) is 14.6. The van der Waals surface area contributed by atoms with E-state index in [1.54, 1.807) is 6.07 Å². The number of hydrogen-bond donors (Lipinski definition) is 1. The van der Waals surface area contributed by atoms with Crippen LogP contribution in [0.15, 0.2) is 24.3 Å². The highest BCUT2D eigenvalue weighted by Crippen LogP contribution is 2.37. The van der Waals surface area contributed by atoms with E-state index in [4.69, 9.17) is 10.5 Å². The van der Waals surface area contributed by atoms with Crippen molar-refractivity contribution in [1.29, 1.82) is 0 Å². The molecular formula is C23H31F3N2O3. The molecule has 8 heteroatoms. The van der Waals surface area contributed by atoms with Gasteiger partial charge in [0, 0.05) is 18.5 Å². The lowest BCUT2D eigenvalue weighted by Gasteiger charge is -2.41. The zero-order chi connectivity index (χ0) is 22.0. The Bertz CT molecular complexity index is 761. The van der Waals surface area contributed by atoms with Crippen LogP contribution in [0.4, 0.5) is 13.2 Å². The first-order chi connectivity index (χ1) is 14.8. The van der Waals surface area contributed by atoms with E-state index in [0.29, 0.717) is 6.61 Å². The van der Waals surface area contributed by atoms with Crippen LogP contribution >= 0.6 is 0 Å². The number of alkyl halides is 3. The smallest absolute Gasteiger partial charge is 0.406 e. The fourth-order valence-corrected chi connectivity index (χ4v) is 4.90. The van der Waals surface area contributed by atoms with Crippen LogP contribution in [0.3, 0.4) is 0 Å². The maximum absolute atomic E-state index is 12.6. The Morgan fingerprint density at radius 2 is 1.84 bits per heavy atom. The lowest BCUT2D eigenvalue weighted by molar-refractivity contribution is -0.274. The molecule has 2 atom stereocenters. The number of nitrogens with zero attached hydrogens (tertiary/aromatic N) is 1. The lowest BCUT2D eigenvalue weighted by Crippen LogP contribution is -2.57. The van der Waals surface area contributed by atoms with E-state index in [9.17, 15) is 18.0 Å². The highest BCUT2D eigenvalue weighted by atomic mass is 19.4. The minimum atomic E-state index is -4.68. The minimum Gasteiger partial charge on any atom is -0.406 e. The molecule has 2 saturated carbocycles. The second kappa shape index (κ2) is 9.36. The van der Waals surface area contributed by atoms with Crippen molar-refractivity contribution < 1.29 is 27.4 Å². The summed E-state index contributed by atoms with van der Waals surface area (Å²) < 4.78 is 47.7. The third-order valence-electron chi connectivity index (χ3n) is 6.78. The van der Waals surface area contributed by atoms with E-state index in [1.165, 1.54) is 12.1 Å². The molecule has 2 aliphatic carbocycles. The molecule has 3 aliphatic rings. The Kier molecular flexibility index (Phi) is 6.77. The molecule has 31 heavy (non-hydrogen) atoms. The Morgan fingerprint density at radius 3 is 2.52 bits per heavy atom. The van der Waals surface area contributed by atoms with Gasteiger partial charge in [-0.25, -0.2) is 0 Å². The average Bonchev–Trinajstić information content (AvgIpc) is 3.57. The SMILES string of the molecule is N[C@H]1CCCN(C(=O)C2CC2)C1COC1CCC(c2cccc(OC(F)(F)F)c2)CC1. The molecule has 5 nitrogen and oxygen atoms in total. The van der Waals surface area contributed by atoms with Gasteiger partial charge in [0.1, 0.15) is 5.75 Å². The normalized spacial score (nSPS) is 29.6. The van der Waals surface area contributed by atoms with E-state index in [2.05, 4.69) is 4.74 Å². The van der Waals surface area contributed by atoms with Crippen molar-refractivity contribution in [1.82, 2.24) is 4.90 Å². The first-order valence-corrected chi connectivity index (χ1v) is 11.3. The van der Waals surface area contributed by atoms with Crippen molar-refractivity contribution in [2.24, 2.45) is 11.7 Å². The number of halogens is 3. The van der Waals surface area contributed by atoms with E-state index in [-0.39, 0.29) is 41.7 Å². The number of nitrogens with two attached hydrogens (primary N) is 1. The second-order valence-corrected chi connectivity index (χ2v) is 9.11. The van der Waals surface area contributed by atoms with E-state index in [0.717, 1.165) is 63.5 Å². The molecule has 2 N–H and O–H groups in total. The summed E-state index contributed by atoms with van der Waals surface area (Å²) in [5.74, 6) is 0.435. The Labute approximate surface area is 181 Å². The summed E-state index contributed by atoms with van der Waals surface area (Å²) in [5.41, 5.74) is 7.20. The molecule has 0 bridgehead atoms. The van der Waals surface area contributed by atoms with Gasteiger partial charge in [0.05, 0.1) is 18.8 Å². The number of hydrogen-bond acceptors (Lipinski definition) is 4. The molecule has 1 heterocycles. The summed E-state index contributed by atoms with van der Waals surface area (Å²) in [7, 11) is 0. The zero-order valence-corrected chi connectivity index (χ0v) is 17.7. The minimum absolute atomic E-state index is 0.0517. The number of benzene rings is 1. The second-order valence-electron chi connectivity index (χ2n) is 9.11. The Balaban J connectivity index is 1.28. The number of likely N-dealkylation sites (tertiary alicyclic amines) is 1. The fourth-order valence-electron chi connectivity index (χ4n) is 4.90. The summed E-state index contributed by atoms with van der Waals surface area (Å²) in [6.07, 6.45) is 2.61. The standard InChI is InChI=1S/C23H31F3N2O3/c24-23(25,26)31-19-4-1-3-17(13-19)15-8-10-18(11-9-15)30-14-21-20(27)5-2-12-28(21)22(29)16-6-7-16/h1,3-4,13,15-16,18,20-21H,2,5-12,14,27H2/t15?,18?,20-,21?/m0/s1. The van der Waals surface area contributed by atoms with Gasteiger partial charge in [0.2, 0.25) is 5.91 Å². The molecule has 4 rings (SSSR count). The van der Waals surface area contributed by atoms with Crippen LogP contribution in [0.25, 0.3) is 0 Å². The summed E-state index contributed by atoms with van der Waals surface area (Å²) in [6.45, 7) is 1.23. The van der Waals surface area contributed by atoms with Crippen molar-refractivity contribution in [3.8, 4) is 5.75 Å². The molecule has 1 aromatic rings. The molecule has 0 radical (unpaired) electrons. The van der Waals surface area contributed by atoms with Crippen molar-refractivity contribution in [2.75, 3.05) is 13.2 Å². The maximum Gasteiger partial charge on any atom is 0.573 e. The van der Waals surface area contributed by atoms with Gasteiger partial charge in [-0.3, -0.25) is 4.79 Å². The van der Waals surface area contributed by atoms with Crippen LogP contribution < -0.4 is 10.5 Å². The molecular weight excluding hydrogens is 409 g/mol. The molecule has 1 unspecified atom stereocenters. The first kappa shape index (κ1) is 22.4. The average molecular weight is 441 g/mol. The molecule has 3 fully saturated rings. The van der Waals surface area contributed by atoms with E-state index in [1.807, 2.05) is 11.0 Å². The van der Waals surface area contributed by atoms with Crippen LogP contribution in [-0.4, -0.2) is 48.5 Å². The highest BCUT2D eigenvalue weighted by Gasteiger charge is 2.40. The predicted octanol–water partition coefficient (Wildman–Crippen LogP) is 4.36. The molecule has 172 valence electrons. The topological polar surface area (TPSA) is 64.8 Å². The number of ether oxygens (including phenoxy) is 2. The van der Waals surface area contributed by atoms with Crippen LogP contribution in [0.2, 0.25) is 0 Å². The molecule has 1 aromatic carbocycles. The van der Waals surface area contributed by atoms with Crippen LogP contribution in [0, 0.1) is 5.92 Å². The largest absolute Gasteiger partial charge is 0.573 e. The van der Waals surface area contributed by atoms with E-state index < -0.39 is 6.36 Å². The number of amides is 1. The monoisotopic (exact) mass is 440 g/mol. The molecule has 0 aromatic heterocycles. The van der Waals surface area contributed by atoms with Gasteiger partial charge in [0.25, 0.3) is 0 Å². The number of carbonyl (C=O) groups excluding carboxylic acids is 1. The molecule has 0 spiro atoms. The summed E-state index contributed by atoms with van der Waals surface area (Å²) in [5, 5.41) is 0. The number of rotatable bonds is 6. The summed E-state index contributed by atoms with van der Waals surface area (Å²) in [6, 6.07) is 6.17. The third kappa shape index (κ3) is 5.92. The van der Waals surface area contributed by atoms with Crippen LogP contribution in [0.1, 0.15) is 62.8 Å². The maximum atomic E-state index is 12.6. The van der Waals surface area contributed by atoms with Gasteiger partial charge in [-0.15, -0.1) is 13.2 Å². The van der Waals surface area contributed by atoms with Gasteiger partial charge in [-0.05, 0) is 75.0 Å². The molecule has 1 saturated heterocycles. The van der Waals surface area contributed by atoms with Crippen molar-refractivity contribution in [3.63, 3.8) is 0 Å². The van der Waals surface area contributed by atoms with Crippen molar-refractivity contribution in [3.05, 3.63) is 29.8 Å².